The summed E-state index contributed by atoms with van der Waals surface area (Å²) >= 11 is 0. The van der Waals surface area contributed by atoms with E-state index in [0.29, 0.717) is 38.5 Å². The molecule has 0 heterocycles. The van der Waals surface area contributed by atoms with E-state index in [1.54, 1.807) is 0 Å². The average molecular weight is 1030 g/mol. The van der Waals surface area contributed by atoms with E-state index in [1.165, 1.54) is 0 Å². The number of phosphoric ester groups is 2. The largest absolute Gasteiger partial charge is 0.472 e. The number of phosphoric acid groups is 2. The number of esters is 2. The molecule has 70 heavy (non-hydrogen) atoms. The third-order valence-corrected chi connectivity index (χ3v) is 11.9. The van der Waals surface area contributed by atoms with Gasteiger partial charge in [-0.3, -0.25) is 23.2 Å². The van der Waals surface area contributed by atoms with Crippen LogP contribution in [0, 0.1) is 0 Å². The van der Waals surface area contributed by atoms with Gasteiger partial charge in [0, 0.05) is 12.8 Å². The normalized spacial score (nSPS) is 22.4. The van der Waals surface area contributed by atoms with Crippen molar-refractivity contribution in [3.05, 3.63) is 109 Å². The second-order valence-corrected chi connectivity index (χ2v) is 19.2. The standard InChI is InChI=1S/C51H82O17P2/c1-3-5-6-7-8-9-10-11-12-13-14-15-16-19-23-26-29-32-35-39-45(54)66-43(41-65-70(62,63)68-51-48(57)46(55)47(56)50(49(51)58)67-69(59,60)61)40-64-44(53)38-34-31-28-25-22-20-17-18-21-24-27-30-33-37-42(52)36-4-2/h5-6,8-9,11-12,14-15,17,19-21,23-25,28,30,33,42-43,46-52,55-58H,3-4,7,10,13,16,18,22,26-27,29,31-32,34-41H2,1-2H3,(H,62,63)(H2,59,60,61)/b6-5-,9-8-,12-11-,15-14-,20-17-,23-19-,24-21-,28-25-,33-30-/t42?,43-,46?,47?,48?,49?,50-,51+/m1/s1. The molecule has 0 aliphatic heterocycles. The third-order valence-electron chi connectivity index (χ3n) is 10.4. The molecule has 0 aromatic carbocycles. The van der Waals surface area contributed by atoms with Crippen molar-refractivity contribution < 1.29 is 82.0 Å². The summed E-state index contributed by atoms with van der Waals surface area (Å²) in [5, 5.41) is 51.0. The molecule has 1 aliphatic rings. The van der Waals surface area contributed by atoms with E-state index in [-0.39, 0.29) is 18.9 Å². The first-order chi connectivity index (χ1) is 33.5. The molecule has 19 heteroatoms. The number of ether oxygens (including phenoxy) is 2. The Kier molecular flexibility index (Phi) is 37.1. The number of aliphatic hydroxyl groups is 5. The monoisotopic (exact) mass is 1030 g/mol. The molecule has 1 rings (SSSR count). The predicted octanol–water partition coefficient (Wildman–Crippen LogP) is 8.70. The molecule has 0 spiro atoms. The molecule has 0 aromatic heterocycles. The minimum Gasteiger partial charge on any atom is -0.462 e. The van der Waals surface area contributed by atoms with Gasteiger partial charge in [-0.1, -0.05) is 136 Å². The Hall–Kier alpha value is -3.38. The molecule has 0 saturated heterocycles. The lowest BCUT2D eigenvalue weighted by molar-refractivity contribution is -0.216. The Bertz CT molecular complexity index is 1780. The van der Waals surface area contributed by atoms with Gasteiger partial charge in [-0.25, -0.2) is 9.13 Å². The fourth-order valence-corrected chi connectivity index (χ4v) is 8.19. The number of hydrogen-bond donors (Lipinski definition) is 8. The van der Waals surface area contributed by atoms with Crippen molar-refractivity contribution >= 4 is 27.6 Å². The second kappa shape index (κ2) is 40.1. The molecule has 1 saturated carbocycles. The highest BCUT2D eigenvalue weighted by atomic mass is 31.2. The van der Waals surface area contributed by atoms with Gasteiger partial charge in [0.25, 0.3) is 0 Å². The highest BCUT2D eigenvalue weighted by molar-refractivity contribution is 7.47. The maximum absolute atomic E-state index is 13.0. The van der Waals surface area contributed by atoms with Gasteiger partial charge in [-0.2, -0.15) is 0 Å². The van der Waals surface area contributed by atoms with Gasteiger partial charge in [-0.15, -0.1) is 0 Å². The molecule has 1 fully saturated rings. The van der Waals surface area contributed by atoms with E-state index in [4.69, 9.17) is 18.5 Å². The molecule has 17 nitrogen and oxygen atoms in total. The molecule has 0 radical (unpaired) electrons. The van der Waals surface area contributed by atoms with Crippen LogP contribution < -0.4 is 0 Å². The van der Waals surface area contributed by atoms with Gasteiger partial charge >= 0.3 is 27.6 Å². The van der Waals surface area contributed by atoms with Crippen LogP contribution in [0.4, 0.5) is 0 Å². The highest BCUT2D eigenvalue weighted by Gasteiger charge is 2.54. The smallest absolute Gasteiger partial charge is 0.462 e. The minimum atomic E-state index is -5.39. The van der Waals surface area contributed by atoms with Crippen LogP contribution in [-0.4, -0.2) is 114 Å². The van der Waals surface area contributed by atoms with Crippen molar-refractivity contribution in [1.29, 1.82) is 0 Å². The number of aliphatic hydroxyl groups excluding tert-OH is 5. The highest BCUT2D eigenvalue weighted by Crippen LogP contribution is 2.49. The van der Waals surface area contributed by atoms with Crippen LogP contribution in [0.2, 0.25) is 0 Å². The van der Waals surface area contributed by atoms with Crippen LogP contribution in [0.25, 0.3) is 0 Å². The molecule has 398 valence electrons. The summed E-state index contributed by atoms with van der Waals surface area (Å²) in [6.45, 7) is 2.71. The lowest BCUT2D eigenvalue weighted by atomic mass is 9.85. The average Bonchev–Trinajstić information content (AvgIpc) is 3.31. The molecule has 1 aliphatic carbocycles. The molecule has 0 amide bonds. The van der Waals surface area contributed by atoms with Crippen molar-refractivity contribution in [3.8, 4) is 0 Å². The molecular formula is C51H82O17P2. The van der Waals surface area contributed by atoms with Gasteiger partial charge in [0.05, 0.1) is 12.7 Å². The zero-order valence-electron chi connectivity index (χ0n) is 41.0. The fraction of sp³-hybridized carbons (Fsp3) is 0.608. The molecule has 8 N–H and O–H groups in total. The van der Waals surface area contributed by atoms with Crippen LogP contribution in [-0.2, 0) is 41.8 Å². The molecule has 6 unspecified atom stereocenters. The van der Waals surface area contributed by atoms with E-state index in [2.05, 4.69) is 90.4 Å². The Morgan fingerprint density at radius 2 is 0.986 bits per heavy atom. The zero-order chi connectivity index (χ0) is 51.9. The summed E-state index contributed by atoms with van der Waals surface area (Å²) in [5.74, 6) is -1.34. The SMILES string of the molecule is CC/C=C\C/C=C\C/C=C\C/C=C\C/C=C\CCCCCC(=O)O[C@H](COC(=O)CCC/C=C\C/C=C\C/C=C\C/C=C\CC(O)CCC)COP(=O)(O)O[C@H]1C(O)C(O)C(O)[C@@H](OP(=O)(O)O)C1O. The molecule has 0 bridgehead atoms. The second-order valence-electron chi connectivity index (χ2n) is 16.6. The minimum absolute atomic E-state index is 0.0154. The van der Waals surface area contributed by atoms with Gasteiger partial charge in [-0.05, 0) is 96.3 Å². The van der Waals surface area contributed by atoms with Gasteiger partial charge in [0.2, 0.25) is 0 Å². The van der Waals surface area contributed by atoms with Crippen LogP contribution in [0.5, 0.6) is 0 Å². The summed E-state index contributed by atoms with van der Waals surface area (Å²) in [7, 11) is -10.7. The molecule has 9 atom stereocenters. The summed E-state index contributed by atoms with van der Waals surface area (Å²) < 4.78 is 49.3. The number of carbonyl (C=O) groups is 2. The van der Waals surface area contributed by atoms with Gasteiger partial charge in [0.1, 0.15) is 43.2 Å². The number of rotatable bonds is 39. The van der Waals surface area contributed by atoms with E-state index in [0.717, 1.165) is 70.6 Å². The number of allylic oxidation sites excluding steroid dienone is 17. The van der Waals surface area contributed by atoms with Gasteiger partial charge in [0.15, 0.2) is 6.10 Å². The summed E-state index contributed by atoms with van der Waals surface area (Å²) in [6.07, 6.45) is 35.3. The van der Waals surface area contributed by atoms with Crippen molar-refractivity contribution in [2.75, 3.05) is 13.2 Å². The lowest BCUT2D eigenvalue weighted by Gasteiger charge is -2.43. The van der Waals surface area contributed by atoms with Crippen molar-refractivity contribution in [2.45, 2.75) is 185 Å². The lowest BCUT2D eigenvalue weighted by Crippen LogP contribution is -2.64. The quantitative estimate of drug-likeness (QED) is 0.0124. The first-order valence-electron chi connectivity index (χ1n) is 24.5. The third kappa shape index (κ3) is 34.1. The molecular weight excluding hydrogens is 946 g/mol. The van der Waals surface area contributed by atoms with Crippen molar-refractivity contribution in [2.24, 2.45) is 0 Å². The summed E-state index contributed by atoms with van der Waals surface area (Å²) in [6, 6.07) is 0. The van der Waals surface area contributed by atoms with Crippen LogP contribution >= 0.6 is 15.6 Å². The van der Waals surface area contributed by atoms with Crippen LogP contribution in [0.1, 0.15) is 136 Å². The maximum Gasteiger partial charge on any atom is 0.472 e. The van der Waals surface area contributed by atoms with Crippen molar-refractivity contribution in [3.63, 3.8) is 0 Å². The van der Waals surface area contributed by atoms with Gasteiger partial charge < -0.3 is 49.7 Å². The van der Waals surface area contributed by atoms with E-state index >= 15 is 0 Å². The van der Waals surface area contributed by atoms with E-state index in [9.17, 15) is 58.9 Å². The summed E-state index contributed by atoms with van der Waals surface area (Å²) in [4.78, 5) is 54.3. The Labute approximate surface area is 415 Å². The Morgan fingerprint density at radius 1 is 0.529 bits per heavy atom. The zero-order valence-corrected chi connectivity index (χ0v) is 42.8. The first kappa shape index (κ1) is 64.6. The Balaban J connectivity index is 2.65. The first-order valence-corrected chi connectivity index (χ1v) is 27.5. The van der Waals surface area contributed by atoms with Crippen LogP contribution in [0.15, 0.2) is 109 Å². The number of carbonyl (C=O) groups excluding carboxylic acids is 2. The van der Waals surface area contributed by atoms with Crippen molar-refractivity contribution in [1.82, 2.24) is 0 Å². The summed E-state index contributed by atoms with van der Waals surface area (Å²) in [5.41, 5.74) is 0. The Morgan fingerprint density at radius 3 is 1.49 bits per heavy atom. The number of unbranched alkanes of at least 4 members (excludes halogenated alkanes) is 4. The van der Waals surface area contributed by atoms with Crippen LogP contribution in [0.3, 0.4) is 0 Å². The maximum atomic E-state index is 13.0. The van der Waals surface area contributed by atoms with E-state index in [1.807, 2.05) is 37.3 Å². The predicted molar refractivity (Wildman–Crippen MR) is 270 cm³/mol. The topological polar surface area (TPSA) is 276 Å². The fourth-order valence-electron chi connectivity index (χ4n) is 6.65. The van der Waals surface area contributed by atoms with E-state index < -0.39 is 83.5 Å². The molecule has 0 aromatic rings. The number of hydrogen-bond acceptors (Lipinski definition) is 14.